The lowest BCUT2D eigenvalue weighted by Gasteiger charge is -2.34. The van der Waals surface area contributed by atoms with Gasteiger partial charge in [-0.1, -0.05) is 11.6 Å². The summed E-state index contributed by atoms with van der Waals surface area (Å²) in [6, 6.07) is 1.43. The predicted molar refractivity (Wildman–Crippen MR) is 88.2 cm³/mol. The molecule has 2 N–H and O–H groups in total. The first-order valence-corrected chi connectivity index (χ1v) is 8.27. The van der Waals surface area contributed by atoms with Gasteiger partial charge in [0.25, 0.3) is 0 Å². The molecule has 0 aliphatic carbocycles. The van der Waals surface area contributed by atoms with Gasteiger partial charge < -0.3 is 10.4 Å². The Balaban J connectivity index is 1.94. The minimum absolute atomic E-state index is 0.154. The first-order valence-electron chi connectivity index (χ1n) is 8.27. The number of rotatable bonds is 6. The molecular weight excluding hydrogens is 317 g/mol. The molecule has 1 heterocycles. The fourth-order valence-electron chi connectivity index (χ4n) is 2.91. The van der Waals surface area contributed by atoms with Gasteiger partial charge in [0.05, 0.1) is 12.6 Å². The van der Waals surface area contributed by atoms with Crippen molar-refractivity contribution in [2.45, 2.75) is 38.8 Å². The van der Waals surface area contributed by atoms with Crippen LogP contribution in [0.25, 0.3) is 0 Å². The Bertz CT molecular complexity index is 557. The van der Waals surface area contributed by atoms with Gasteiger partial charge in [0.1, 0.15) is 0 Å². The lowest BCUT2D eigenvalue weighted by atomic mass is 10.0. The lowest BCUT2D eigenvalue weighted by Crippen LogP contribution is -2.44. The summed E-state index contributed by atoms with van der Waals surface area (Å²) in [6.07, 6.45) is 3.97. The number of aliphatic hydroxyl groups excluding tert-OH is 1. The van der Waals surface area contributed by atoms with Crippen molar-refractivity contribution in [3.05, 3.63) is 46.8 Å². The van der Waals surface area contributed by atoms with Crippen molar-refractivity contribution >= 4 is 0 Å². The maximum Gasteiger partial charge on any atom is 0.194 e. The Labute approximate surface area is 141 Å². The maximum absolute atomic E-state index is 13.4. The molecule has 0 aromatic heterocycles. The van der Waals surface area contributed by atoms with Gasteiger partial charge in [0.15, 0.2) is 17.5 Å². The first-order chi connectivity index (χ1) is 11.4. The molecule has 134 valence electrons. The van der Waals surface area contributed by atoms with Crippen LogP contribution >= 0.6 is 0 Å². The Hall–Kier alpha value is -1.37. The summed E-state index contributed by atoms with van der Waals surface area (Å²) < 4.78 is 39.8. The van der Waals surface area contributed by atoms with E-state index in [0.717, 1.165) is 44.6 Å². The third-order valence-corrected chi connectivity index (χ3v) is 4.37. The van der Waals surface area contributed by atoms with Gasteiger partial charge in [-0.15, -0.1) is 0 Å². The van der Waals surface area contributed by atoms with E-state index < -0.39 is 23.5 Å². The number of allylic oxidation sites excluding steroid dienone is 1. The van der Waals surface area contributed by atoms with E-state index in [9.17, 15) is 18.3 Å². The quantitative estimate of drug-likeness (QED) is 0.616. The topological polar surface area (TPSA) is 35.5 Å². The van der Waals surface area contributed by atoms with Crippen LogP contribution in [-0.4, -0.2) is 42.3 Å². The van der Waals surface area contributed by atoms with Crippen molar-refractivity contribution in [1.82, 2.24) is 10.2 Å². The Kier molecular flexibility index (Phi) is 6.83. The minimum atomic E-state index is -1.48. The normalized spacial score (nSPS) is 17.8. The number of piperidine rings is 1. The number of aliphatic hydroxyl groups is 1. The van der Waals surface area contributed by atoms with Crippen molar-refractivity contribution in [2.24, 2.45) is 0 Å². The number of nitrogens with one attached hydrogen (secondary N) is 1. The fourth-order valence-corrected chi connectivity index (χ4v) is 2.91. The van der Waals surface area contributed by atoms with E-state index >= 15 is 0 Å². The zero-order valence-electron chi connectivity index (χ0n) is 14.2. The van der Waals surface area contributed by atoms with Gasteiger partial charge in [-0.3, -0.25) is 4.90 Å². The molecule has 2 rings (SSSR count). The smallest absolute Gasteiger partial charge is 0.194 e. The number of hydrogen-bond donors (Lipinski definition) is 2. The Morgan fingerprint density at radius 1 is 1.25 bits per heavy atom. The second-order valence-electron chi connectivity index (χ2n) is 6.56. The molecule has 0 radical (unpaired) electrons. The van der Waals surface area contributed by atoms with Gasteiger partial charge in [-0.05, 0) is 57.5 Å². The molecule has 1 unspecified atom stereocenters. The number of likely N-dealkylation sites (tertiary alicyclic amines) is 1. The molecule has 0 spiro atoms. The van der Waals surface area contributed by atoms with E-state index in [0.29, 0.717) is 0 Å². The molecule has 0 amide bonds. The Morgan fingerprint density at radius 3 is 2.33 bits per heavy atom. The SMILES string of the molecule is CC(C)=CCN1CCC(NC(CO)c2cc(F)c(F)c(F)c2)CC1. The van der Waals surface area contributed by atoms with E-state index in [-0.39, 0.29) is 18.2 Å². The van der Waals surface area contributed by atoms with E-state index in [1.165, 1.54) is 5.57 Å². The van der Waals surface area contributed by atoms with E-state index in [1.807, 2.05) is 0 Å². The molecule has 3 nitrogen and oxygen atoms in total. The number of benzene rings is 1. The monoisotopic (exact) mass is 342 g/mol. The van der Waals surface area contributed by atoms with Crippen LogP contribution in [0.3, 0.4) is 0 Å². The molecular formula is C18H25F3N2O. The highest BCUT2D eigenvalue weighted by Gasteiger charge is 2.23. The number of halogens is 3. The highest BCUT2D eigenvalue weighted by molar-refractivity contribution is 5.23. The van der Waals surface area contributed by atoms with Crippen LogP contribution in [0.15, 0.2) is 23.8 Å². The Morgan fingerprint density at radius 2 is 1.83 bits per heavy atom. The van der Waals surface area contributed by atoms with Crippen molar-refractivity contribution in [2.75, 3.05) is 26.2 Å². The average Bonchev–Trinajstić information content (AvgIpc) is 2.56. The van der Waals surface area contributed by atoms with Gasteiger partial charge in [-0.2, -0.15) is 0 Å². The maximum atomic E-state index is 13.4. The molecule has 24 heavy (non-hydrogen) atoms. The van der Waals surface area contributed by atoms with Crippen LogP contribution in [0.4, 0.5) is 13.2 Å². The van der Waals surface area contributed by atoms with Gasteiger partial charge >= 0.3 is 0 Å². The summed E-state index contributed by atoms with van der Waals surface area (Å²) >= 11 is 0. The zero-order valence-corrected chi connectivity index (χ0v) is 14.2. The third-order valence-electron chi connectivity index (χ3n) is 4.37. The summed E-state index contributed by atoms with van der Waals surface area (Å²) in [5, 5.41) is 12.8. The minimum Gasteiger partial charge on any atom is -0.394 e. The van der Waals surface area contributed by atoms with Crippen LogP contribution in [-0.2, 0) is 0 Å². The van der Waals surface area contributed by atoms with Crippen LogP contribution in [0.2, 0.25) is 0 Å². The van der Waals surface area contributed by atoms with Crippen LogP contribution in [0.1, 0.15) is 38.3 Å². The zero-order chi connectivity index (χ0) is 17.7. The average molecular weight is 342 g/mol. The summed E-state index contributed by atoms with van der Waals surface area (Å²) in [4.78, 5) is 2.34. The predicted octanol–water partition coefficient (Wildman–Crippen LogP) is 3.16. The lowest BCUT2D eigenvalue weighted by molar-refractivity contribution is 0.181. The highest BCUT2D eigenvalue weighted by atomic mass is 19.2. The second kappa shape index (κ2) is 8.65. The van der Waals surface area contributed by atoms with Gasteiger partial charge in [0.2, 0.25) is 0 Å². The highest BCUT2D eigenvalue weighted by Crippen LogP contribution is 2.21. The molecule has 1 fully saturated rings. The summed E-state index contributed by atoms with van der Waals surface area (Å²) in [5.74, 6) is -3.95. The second-order valence-corrected chi connectivity index (χ2v) is 6.56. The van der Waals surface area contributed by atoms with Crippen molar-refractivity contribution in [3.63, 3.8) is 0 Å². The molecule has 1 atom stereocenters. The van der Waals surface area contributed by atoms with E-state index in [2.05, 4.69) is 30.1 Å². The molecule has 1 aliphatic heterocycles. The standard InChI is InChI=1S/C18H25F3N2O/c1-12(2)3-6-23-7-4-14(5-8-23)22-17(11-24)13-9-15(19)18(21)16(20)10-13/h3,9-10,14,17,22,24H,4-8,11H2,1-2H3. The molecule has 1 aromatic carbocycles. The third kappa shape index (κ3) is 5.06. The number of hydrogen-bond acceptors (Lipinski definition) is 3. The van der Waals surface area contributed by atoms with E-state index in [1.54, 1.807) is 0 Å². The first kappa shape index (κ1) is 19.0. The fraction of sp³-hybridized carbons (Fsp3) is 0.556. The molecule has 0 saturated carbocycles. The summed E-state index contributed by atoms with van der Waals surface area (Å²) in [5.41, 5.74) is 1.51. The molecule has 0 bridgehead atoms. The largest absolute Gasteiger partial charge is 0.394 e. The molecule has 1 aliphatic rings. The summed E-state index contributed by atoms with van der Waals surface area (Å²) in [7, 11) is 0. The van der Waals surface area contributed by atoms with Gasteiger partial charge in [-0.25, -0.2) is 13.2 Å². The summed E-state index contributed by atoms with van der Waals surface area (Å²) in [6.45, 7) is 6.61. The van der Waals surface area contributed by atoms with E-state index in [4.69, 9.17) is 0 Å². The van der Waals surface area contributed by atoms with Crippen LogP contribution < -0.4 is 5.32 Å². The van der Waals surface area contributed by atoms with Gasteiger partial charge in [0, 0.05) is 12.6 Å². The van der Waals surface area contributed by atoms with Crippen LogP contribution in [0.5, 0.6) is 0 Å². The van der Waals surface area contributed by atoms with Crippen molar-refractivity contribution in [3.8, 4) is 0 Å². The molecule has 1 saturated heterocycles. The number of nitrogens with zero attached hydrogens (tertiary/aromatic N) is 1. The molecule has 1 aromatic rings. The van der Waals surface area contributed by atoms with Crippen molar-refractivity contribution < 1.29 is 18.3 Å². The van der Waals surface area contributed by atoms with Crippen LogP contribution in [0, 0.1) is 17.5 Å². The molecule has 6 heteroatoms. The van der Waals surface area contributed by atoms with Crippen molar-refractivity contribution in [1.29, 1.82) is 0 Å².